The Bertz CT molecular complexity index is 696. The number of para-hydroxylation sites is 1. The van der Waals surface area contributed by atoms with Gasteiger partial charge < -0.3 is 9.72 Å². The van der Waals surface area contributed by atoms with Crippen LogP contribution in [0.15, 0.2) is 41.2 Å². The van der Waals surface area contributed by atoms with Crippen LogP contribution in [0.5, 0.6) is 5.75 Å². The molecule has 0 bridgehead atoms. The molecule has 0 radical (unpaired) electrons. The van der Waals surface area contributed by atoms with E-state index in [0.29, 0.717) is 11.3 Å². The number of rotatable bonds is 4. The Morgan fingerprint density at radius 2 is 2.00 bits per heavy atom. The summed E-state index contributed by atoms with van der Waals surface area (Å²) >= 11 is 0. The van der Waals surface area contributed by atoms with E-state index in [1.165, 1.54) is 0 Å². The molecule has 0 amide bonds. The van der Waals surface area contributed by atoms with Gasteiger partial charge in [-0.05, 0) is 32.0 Å². The number of aromatic amines is 1. The molecule has 20 heavy (non-hydrogen) atoms. The number of hydrogen-bond acceptors (Lipinski definition) is 3. The van der Waals surface area contributed by atoms with Gasteiger partial charge in [0.05, 0.1) is 24.3 Å². The molecule has 1 N–H and O–H groups in total. The normalized spacial score (nSPS) is 10.3. The standard InChI is InChI=1S/C16H16N2O2/c1-11(2)20-15-6-4-3-5-13(15)14-8-7-12(9-10-17)16(19)18-14/h3-8,11H,9H2,1-2H3,(H,18,19). The second kappa shape index (κ2) is 6.07. The highest BCUT2D eigenvalue weighted by atomic mass is 16.5. The quantitative estimate of drug-likeness (QED) is 0.927. The highest BCUT2D eigenvalue weighted by Crippen LogP contribution is 2.28. The number of hydrogen-bond donors (Lipinski definition) is 1. The summed E-state index contributed by atoms with van der Waals surface area (Å²) in [5, 5.41) is 8.65. The molecule has 102 valence electrons. The van der Waals surface area contributed by atoms with Crippen molar-refractivity contribution in [3.8, 4) is 23.1 Å². The second-order valence-corrected chi connectivity index (χ2v) is 4.72. The number of nitrogens with zero attached hydrogens (tertiary/aromatic N) is 1. The Balaban J connectivity index is 2.45. The van der Waals surface area contributed by atoms with E-state index in [9.17, 15) is 4.79 Å². The van der Waals surface area contributed by atoms with Crippen molar-refractivity contribution in [2.45, 2.75) is 26.4 Å². The number of H-pyrrole nitrogens is 1. The predicted molar refractivity (Wildman–Crippen MR) is 77.6 cm³/mol. The number of pyridine rings is 1. The van der Waals surface area contributed by atoms with Gasteiger partial charge in [0.25, 0.3) is 5.56 Å². The van der Waals surface area contributed by atoms with Crippen molar-refractivity contribution >= 4 is 0 Å². The van der Waals surface area contributed by atoms with Gasteiger partial charge in [0, 0.05) is 11.1 Å². The fraction of sp³-hybridized carbons (Fsp3) is 0.250. The lowest BCUT2D eigenvalue weighted by Crippen LogP contribution is -2.13. The van der Waals surface area contributed by atoms with Crippen molar-refractivity contribution in [3.05, 3.63) is 52.3 Å². The Hall–Kier alpha value is -2.54. The van der Waals surface area contributed by atoms with E-state index in [2.05, 4.69) is 4.98 Å². The fourth-order valence-electron chi connectivity index (χ4n) is 1.93. The molecular weight excluding hydrogens is 252 g/mol. The van der Waals surface area contributed by atoms with Gasteiger partial charge in [0.2, 0.25) is 0 Å². The van der Waals surface area contributed by atoms with Crippen molar-refractivity contribution in [2.24, 2.45) is 0 Å². The third kappa shape index (κ3) is 3.07. The molecule has 0 aliphatic carbocycles. The zero-order valence-electron chi connectivity index (χ0n) is 11.5. The van der Waals surface area contributed by atoms with Crippen LogP contribution in [0.3, 0.4) is 0 Å². The third-order valence-electron chi connectivity index (χ3n) is 2.80. The van der Waals surface area contributed by atoms with E-state index in [1.807, 2.05) is 44.2 Å². The first kappa shape index (κ1) is 13.9. The molecule has 0 saturated carbocycles. The topological polar surface area (TPSA) is 65.9 Å². The first-order chi connectivity index (χ1) is 9.61. The summed E-state index contributed by atoms with van der Waals surface area (Å²) in [6.45, 7) is 3.91. The van der Waals surface area contributed by atoms with Gasteiger partial charge in [0.15, 0.2) is 0 Å². The summed E-state index contributed by atoms with van der Waals surface area (Å²) in [6, 6.07) is 13.0. The molecule has 1 aromatic carbocycles. The van der Waals surface area contributed by atoms with Gasteiger partial charge in [-0.25, -0.2) is 0 Å². The van der Waals surface area contributed by atoms with Gasteiger partial charge in [-0.1, -0.05) is 18.2 Å². The number of nitriles is 1. The molecule has 0 spiro atoms. The van der Waals surface area contributed by atoms with E-state index < -0.39 is 0 Å². The summed E-state index contributed by atoms with van der Waals surface area (Å²) in [5.41, 5.74) is 1.76. The minimum absolute atomic E-state index is 0.0562. The summed E-state index contributed by atoms with van der Waals surface area (Å²) < 4.78 is 5.74. The van der Waals surface area contributed by atoms with Crippen molar-refractivity contribution in [3.63, 3.8) is 0 Å². The van der Waals surface area contributed by atoms with Crippen LogP contribution in [0.25, 0.3) is 11.3 Å². The average Bonchev–Trinajstić information content (AvgIpc) is 2.41. The predicted octanol–water partition coefficient (Wildman–Crippen LogP) is 2.90. The van der Waals surface area contributed by atoms with Crippen molar-refractivity contribution in [1.29, 1.82) is 5.26 Å². The smallest absolute Gasteiger partial charge is 0.252 e. The maximum Gasteiger partial charge on any atom is 0.252 e. The molecule has 4 nitrogen and oxygen atoms in total. The monoisotopic (exact) mass is 268 g/mol. The first-order valence-corrected chi connectivity index (χ1v) is 6.47. The van der Waals surface area contributed by atoms with E-state index >= 15 is 0 Å². The van der Waals surface area contributed by atoms with Crippen LogP contribution in [0.1, 0.15) is 19.4 Å². The van der Waals surface area contributed by atoms with Crippen LogP contribution in [-0.4, -0.2) is 11.1 Å². The third-order valence-corrected chi connectivity index (χ3v) is 2.80. The summed E-state index contributed by atoms with van der Waals surface area (Å²) in [6.07, 6.45) is 0.167. The van der Waals surface area contributed by atoms with Crippen molar-refractivity contribution in [2.75, 3.05) is 0 Å². The lowest BCUT2D eigenvalue weighted by Gasteiger charge is -2.14. The maximum absolute atomic E-state index is 11.9. The van der Waals surface area contributed by atoms with Gasteiger partial charge in [0.1, 0.15) is 5.75 Å². The Labute approximate surface area is 117 Å². The highest BCUT2D eigenvalue weighted by molar-refractivity contribution is 5.67. The van der Waals surface area contributed by atoms with Gasteiger partial charge >= 0.3 is 0 Å². The zero-order valence-corrected chi connectivity index (χ0v) is 11.5. The summed E-state index contributed by atoms with van der Waals surface area (Å²) in [7, 11) is 0. The van der Waals surface area contributed by atoms with Gasteiger partial charge in [-0.15, -0.1) is 0 Å². The Morgan fingerprint density at radius 3 is 2.65 bits per heavy atom. The zero-order chi connectivity index (χ0) is 14.5. The van der Waals surface area contributed by atoms with E-state index in [-0.39, 0.29) is 18.1 Å². The van der Waals surface area contributed by atoms with Crippen LogP contribution in [0.4, 0.5) is 0 Å². The Morgan fingerprint density at radius 1 is 1.25 bits per heavy atom. The first-order valence-electron chi connectivity index (χ1n) is 6.47. The number of ether oxygens (including phenoxy) is 1. The number of benzene rings is 1. The van der Waals surface area contributed by atoms with E-state index in [0.717, 1.165) is 11.3 Å². The molecule has 4 heteroatoms. The molecule has 0 saturated heterocycles. The Kier molecular flexibility index (Phi) is 4.21. The number of nitrogens with one attached hydrogen (secondary N) is 1. The van der Waals surface area contributed by atoms with Crippen LogP contribution < -0.4 is 10.3 Å². The lowest BCUT2D eigenvalue weighted by atomic mass is 10.1. The van der Waals surface area contributed by atoms with Gasteiger partial charge in [-0.2, -0.15) is 5.26 Å². The summed E-state index contributed by atoms with van der Waals surface area (Å²) in [4.78, 5) is 14.7. The van der Waals surface area contributed by atoms with Gasteiger partial charge in [-0.3, -0.25) is 4.79 Å². The molecule has 0 unspecified atom stereocenters. The second-order valence-electron chi connectivity index (χ2n) is 4.72. The van der Waals surface area contributed by atoms with E-state index in [1.54, 1.807) is 12.1 Å². The maximum atomic E-state index is 11.9. The molecule has 0 aliphatic rings. The summed E-state index contributed by atoms with van der Waals surface area (Å²) in [5.74, 6) is 0.728. The lowest BCUT2D eigenvalue weighted by molar-refractivity contribution is 0.243. The molecule has 2 aromatic rings. The molecule has 0 fully saturated rings. The number of aromatic nitrogens is 1. The van der Waals surface area contributed by atoms with Crippen LogP contribution in [0, 0.1) is 11.3 Å². The molecule has 0 atom stereocenters. The van der Waals surface area contributed by atoms with E-state index in [4.69, 9.17) is 10.00 Å². The van der Waals surface area contributed by atoms with Crippen LogP contribution in [-0.2, 0) is 6.42 Å². The molecule has 1 heterocycles. The minimum atomic E-state index is -0.233. The molecule has 1 aromatic heterocycles. The fourth-order valence-corrected chi connectivity index (χ4v) is 1.93. The minimum Gasteiger partial charge on any atom is -0.490 e. The molecule has 2 rings (SSSR count). The highest BCUT2D eigenvalue weighted by Gasteiger charge is 2.09. The van der Waals surface area contributed by atoms with Crippen molar-refractivity contribution < 1.29 is 4.74 Å². The van der Waals surface area contributed by atoms with Crippen LogP contribution >= 0.6 is 0 Å². The SMILES string of the molecule is CC(C)Oc1ccccc1-c1ccc(CC#N)c(=O)[nH]1. The van der Waals surface area contributed by atoms with Crippen molar-refractivity contribution in [1.82, 2.24) is 4.98 Å². The van der Waals surface area contributed by atoms with Crippen LogP contribution in [0.2, 0.25) is 0 Å². The largest absolute Gasteiger partial charge is 0.490 e. The molecular formula is C16H16N2O2. The average molecular weight is 268 g/mol. The molecule has 0 aliphatic heterocycles.